The van der Waals surface area contributed by atoms with Crippen LogP contribution < -0.4 is 14.2 Å². The summed E-state index contributed by atoms with van der Waals surface area (Å²) in [7, 11) is -5.71. The highest BCUT2D eigenvalue weighted by Crippen LogP contribution is 2.36. The highest BCUT2D eigenvalue weighted by atomic mass is 32.3. The highest BCUT2D eigenvalue weighted by Gasteiger charge is 2.53. The van der Waals surface area contributed by atoms with E-state index in [4.69, 9.17) is 48.2 Å². The van der Waals surface area contributed by atoms with Gasteiger partial charge in [0.1, 0.15) is 12.7 Å². The molecule has 1 fully saturated rings. The van der Waals surface area contributed by atoms with Crippen molar-refractivity contribution in [3.63, 3.8) is 0 Å². The Bertz CT molecular complexity index is 1540. The van der Waals surface area contributed by atoms with Crippen LogP contribution in [0.5, 0.6) is 11.5 Å². The third-order valence-corrected chi connectivity index (χ3v) is 6.64. The summed E-state index contributed by atoms with van der Waals surface area (Å²) in [5, 5.41) is 5.84. The van der Waals surface area contributed by atoms with Gasteiger partial charge in [-0.15, -0.1) is 0 Å². The van der Waals surface area contributed by atoms with E-state index in [0.717, 1.165) is 45.9 Å². The van der Waals surface area contributed by atoms with E-state index < -0.39 is 89.1 Å². The SMILES string of the molecule is CC(=O)OC[C@H]1OC(Oc2ccc(C(=O)NCCOCCOCCOCCN=[N+]=[N-])cc2OS(=O)(=O)F)[C@H](OC(C)=O)[C@@H](OC(C)=O)[C@H]1OC(C)=O. The number of carbonyl (C=O) groups is 5. The molecular weight excluding hydrogens is 727 g/mol. The Kier molecular flexibility index (Phi) is 18.5. The van der Waals surface area contributed by atoms with E-state index in [1.165, 1.54) is 0 Å². The number of rotatable bonds is 22. The van der Waals surface area contributed by atoms with Gasteiger partial charge in [0.15, 0.2) is 23.7 Å². The number of nitrogens with one attached hydrogen (secondary N) is 1. The number of nitrogens with zero attached hydrogens (tertiary/aromatic N) is 3. The Morgan fingerprint density at radius 3 is 1.98 bits per heavy atom. The first kappa shape index (κ1) is 43.4. The lowest BCUT2D eigenvalue weighted by Crippen LogP contribution is -2.63. The number of hydrogen-bond donors (Lipinski definition) is 1. The number of amides is 1. The summed E-state index contributed by atoms with van der Waals surface area (Å²) < 4.78 is 89.5. The molecule has 0 bridgehead atoms. The number of azide groups is 1. The summed E-state index contributed by atoms with van der Waals surface area (Å²) >= 11 is 0. The lowest BCUT2D eigenvalue weighted by molar-refractivity contribution is -0.288. The van der Waals surface area contributed by atoms with Gasteiger partial charge in [0.25, 0.3) is 5.91 Å². The predicted molar refractivity (Wildman–Crippen MR) is 168 cm³/mol. The number of halogens is 1. The van der Waals surface area contributed by atoms with Gasteiger partial charge in [-0.25, -0.2) is 0 Å². The van der Waals surface area contributed by atoms with Crippen molar-refractivity contribution in [2.24, 2.45) is 5.11 Å². The molecule has 290 valence electrons. The number of hydrogen-bond acceptors (Lipinski definition) is 18. The molecular formula is C29H39FN4O17S. The zero-order valence-electron chi connectivity index (χ0n) is 28.6. The lowest BCUT2D eigenvalue weighted by Gasteiger charge is -2.43. The quantitative estimate of drug-likeness (QED) is 0.0325. The molecule has 0 spiro atoms. The fraction of sp³-hybridized carbons (Fsp3) is 0.621. The molecule has 1 aromatic carbocycles. The Balaban J connectivity index is 2.20. The molecule has 1 aliphatic rings. The average molecular weight is 767 g/mol. The zero-order valence-corrected chi connectivity index (χ0v) is 29.4. The van der Waals surface area contributed by atoms with E-state index in [1.54, 1.807) is 0 Å². The fourth-order valence-corrected chi connectivity index (χ4v) is 4.70. The lowest BCUT2D eigenvalue weighted by atomic mass is 9.98. The number of esters is 4. The Morgan fingerprint density at radius 2 is 1.40 bits per heavy atom. The van der Waals surface area contributed by atoms with Gasteiger partial charge in [-0.05, 0) is 23.7 Å². The van der Waals surface area contributed by atoms with Crippen LogP contribution in [0.2, 0.25) is 0 Å². The Labute approximate surface area is 297 Å². The van der Waals surface area contributed by atoms with Crippen molar-refractivity contribution in [2.75, 3.05) is 59.3 Å². The van der Waals surface area contributed by atoms with E-state index in [2.05, 4.69) is 19.5 Å². The largest absolute Gasteiger partial charge is 0.488 e. The molecule has 1 N–H and O–H groups in total. The van der Waals surface area contributed by atoms with Gasteiger partial charge in [0.05, 0.1) is 39.6 Å². The van der Waals surface area contributed by atoms with E-state index in [-0.39, 0.29) is 51.7 Å². The van der Waals surface area contributed by atoms with Crippen molar-refractivity contribution in [3.05, 3.63) is 34.2 Å². The minimum Gasteiger partial charge on any atom is -0.463 e. The van der Waals surface area contributed by atoms with Crippen molar-refractivity contribution in [1.82, 2.24) is 5.32 Å². The van der Waals surface area contributed by atoms with Crippen LogP contribution in [0.3, 0.4) is 0 Å². The predicted octanol–water partition coefficient (Wildman–Crippen LogP) is 0.832. The van der Waals surface area contributed by atoms with Gasteiger partial charge < -0.3 is 52.1 Å². The van der Waals surface area contributed by atoms with E-state index in [9.17, 15) is 36.3 Å². The molecule has 23 heteroatoms. The number of benzene rings is 1. The molecule has 0 radical (unpaired) electrons. The molecule has 1 amide bonds. The van der Waals surface area contributed by atoms with Crippen LogP contribution in [0.1, 0.15) is 38.1 Å². The molecule has 52 heavy (non-hydrogen) atoms. The third-order valence-electron chi connectivity index (χ3n) is 6.26. The Hall–Kier alpha value is -4.80. The molecule has 1 heterocycles. The van der Waals surface area contributed by atoms with Gasteiger partial charge >= 0.3 is 34.4 Å². The molecule has 5 atom stereocenters. The van der Waals surface area contributed by atoms with Crippen LogP contribution in [0.15, 0.2) is 23.3 Å². The van der Waals surface area contributed by atoms with Gasteiger partial charge in [-0.2, -0.15) is 8.42 Å². The second-order valence-corrected chi connectivity index (χ2v) is 11.3. The monoisotopic (exact) mass is 766 g/mol. The van der Waals surface area contributed by atoms with Crippen LogP contribution in [0.25, 0.3) is 10.4 Å². The summed E-state index contributed by atoms with van der Waals surface area (Å²) in [5.41, 5.74) is 7.97. The summed E-state index contributed by atoms with van der Waals surface area (Å²) in [4.78, 5) is 63.1. The molecule has 0 aliphatic carbocycles. The molecule has 2 rings (SSSR count). The molecule has 1 aromatic rings. The van der Waals surface area contributed by atoms with Gasteiger partial charge in [0, 0.05) is 51.3 Å². The smallest absolute Gasteiger partial charge is 0.463 e. The van der Waals surface area contributed by atoms with Crippen LogP contribution in [-0.2, 0) is 67.6 Å². The van der Waals surface area contributed by atoms with Gasteiger partial charge in [0.2, 0.25) is 12.4 Å². The van der Waals surface area contributed by atoms with E-state index in [1.807, 2.05) is 0 Å². The molecule has 21 nitrogen and oxygen atoms in total. The topological polar surface area (TPSA) is 273 Å². The van der Waals surface area contributed by atoms with Crippen LogP contribution >= 0.6 is 0 Å². The van der Waals surface area contributed by atoms with Crippen LogP contribution in [0, 0.1) is 0 Å². The molecule has 1 aliphatic heterocycles. The van der Waals surface area contributed by atoms with E-state index in [0.29, 0.717) is 6.61 Å². The van der Waals surface area contributed by atoms with Crippen molar-refractivity contribution in [1.29, 1.82) is 0 Å². The maximum Gasteiger partial charge on any atom is 0.488 e. The summed E-state index contributed by atoms with van der Waals surface area (Å²) in [6.07, 6.45) is -8.11. The van der Waals surface area contributed by atoms with Crippen molar-refractivity contribution >= 4 is 40.3 Å². The standard InChI is InChI=1S/C29H39FN4O17S/c1-17(35)45-16-24-25(46-18(2)36)26(47-19(3)37)27(48-20(4)38)29(50-24)49-22-6-5-21(15-23(22)51-52(30,40)41)28(39)32-7-9-42-11-13-44-14-12-43-10-8-33-34-31/h5-6,15,24-27,29H,7-14,16H2,1-4H3,(H,32,39)/t24-,25+,26+,27-,29?/m1/s1. The molecule has 0 aromatic heterocycles. The van der Waals surface area contributed by atoms with E-state index >= 15 is 0 Å². The first-order chi connectivity index (χ1) is 24.6. The Morgan fingerprint density at radius 1 is 0.827 bits per heavy atom. The highest BCUT2D eigenvalue weighted by molar-refractivity contribution is 7.81. The third kappa shape index (κ3) is 16.5. The minimum absolute atomic E-state index is 0.00193. The summed E-state index contributed by atoms with van der Waals surface area (Å²) in [6, 6.07) is 2.99. The number of ether oxygens (including phenoxy) is 9. The molecule has 1 unspecified atom stereocenters. The summed E-state index contributed by atoms with van der Waals surface area (Å²) in [5.74, 6) is -5.69. The zero-order chi connectivity index (χ0) is 38.7. The van der Waals surface area contributed by atoms with Crippen molar-refractivity contribution in [3.8, 4) is 11.5 Å². The van der Waals surface area contributed by atoms with Crippen LogP contribution in [-0.4, -0.2) is 128 Å². The minimum atomic E-state index is -5.71. The second kappa shape index (κ2) is 22.2. The number of carbonyl (C=O) groups excluding carboxylic acids is 5. The second-order valence-electron chi connectivity index (χ2n) is 10.4. The first-order valence-corrected chi connectivity index (χ1v) is 16.7. The summed E-state index contributed by atoms with van der Waals surface area (Å²) in [6.45, 7) is 5.01. The normalized spacial score (nSPS) is 19.7. The van der Waals surface area contributed by atoms with Crippen molar-refractivity contribution in [2.45, 2.75) is 58.4 Å². The average Bonchev–Trinajstić information content (AvgIpc) is 3.04. The first-order valence-electron chi connectivity index (χ1n) is 15.4. The maximum absolute atomic E-state index is 13.8. The van der Waals surface area contributed by atoms with Crippen LogP contribution in [0.4, 0.5) is 3.89 Å². The molecule has 0 saturated carbocycles. The maximum atomic E-state index is 13.8. The van der Waals surface area contributed by atoms with Gasteiger partial charge in [-0.1, -0.05) is 9.00 Å². The van der Waals surface area contributed by atoms with Crippen molar-refractivity contribution < 1.29 is 83.1 Å². The fourth-order valence-electron chi connectivity index (χ4n) is 4.36. The van der Waals surface area contributed by atoms with Gasteiger partial charge in [-0.3, -0.25) is 24.0 Å². The molecule has 1 saturated heterocycles.